The highest BCUT2D eigenvalue weighted by Crippen LogP contribution is 2.32. The Balaban J connectivity index is 2.66. The predicted molar refractivity (Wildman–Crippen MR) is 35.3 cm³/mol. The van der Waals surface area contributed by atoms with E-state index in [4.69, 9.17) is 0 Å². The maximum absolute atomic E-state index is 11.0. The molecule has 0 aliphatic carbocycles. The van der Waals surface area contributed by atoms with Gasteiger partial charge in [0.25, 0.3) is 0 Å². The van der Waals surface area contributed by atoms with E-state index in [1.165, 1.54) is 5.06 Å². The summed E-state index contributed by atoms with van der Waals surface area (Å²) in [5.41, 5.74) is -0.111. The molecule has 2 nitrogen and oxygen atoms in total. The normalized spacial score (nSPS) is 35.3. The summed E-state index contributed by atoms with van der Waals surface area (Å²) in [7, 11) is 0. The van der Waals surface area contributed by atoms with Crippen molar-refractivity contribution in [3.8, 4) is 0 Å². The van der Waals surface area contributed by atoms with E-state index < -0.39 is 0 Å². The Morgan fingerprint density at radius 1 is 1.56 bits per heavy atom. The molecule has 1 radical (unpaired) electrons. The summed E-state index contributed by atoms with van der Waals surface area (Å²) in [6, 6.07) is 0. The third kappa shape index (κ3) is 0.970. The average molecular weight is 128 g/mol. The van der Waals surface area contributed by atoms with Crippen molar-refractivity contribution in [1.29, 1.82) is 0 Å². The molecule has 1 heterocycles. The van der Waals surface area contributed by atoms with Crippen LogP contribution >= 0.6 is 0 Å². The van der Waals surface area contributed by atoms with E-state index in [1.54, 1.807) is 0 Å². The Labute approximate surface area is 56.4 Å². The van der Waals surface area contributed by atoms with Gasteiger partial charge in [0, 0.05) is 12.1 Å². The van der Waals surface area contributed by atoms with Gasteiger partial charge in [0.15, 0.2) is 0 Å². The standard InChI is InChI=1S/C7H14NO/c1-6-4-5-8(9)7(6,2)3/h6H,4-5H2,1-3H3. The van der Waals surface area contributed by atoms with Crippen molar-refractivity contribution in [3.63, 3.8) is 0 Å². The van der Waals surface area contributed by atoms with Crippen LogP contribution in [0.1, 0.15) is 27.2 Å². The van der Waals surface area contributed by atoms with Crippen LogP contribution in [-0.2, 0) is 5.21 Å². The lowest BCUT2D eigenvalue weighted by Crippen LogP contribution is -2.38. The van der Waals surface area contributed by atoms with E-state index in [9.17, 15) is 5.21 Å². The van der Waals surface area contributed by atoms with Crippen molar-refractivity contribution in [2.75, 3.05) is 6.54 Å². The molecule has 0 spiro atoms. The molecule has 1 aliphatic rings. The quantitative estimate of drug-likeness (QED) is 0.484. The fraction of sp³-hybridized carbons (Fsp3) is 1.00. The van der Waals surface area contributed by atoms with E-state index in [2.05, 4.69) is 6.92 Å². The van der Waals surface area contributed by atoms with E-state index in [0.717, 1.165) is 6.42 Å². The third-order valence-corrected chi connectivity index (χ3v) is 2.61. The second-order valence-electron chi connectivity index (χ2n) is 3.45. The monoisotopic (exact) mass is 128 g/mol. The molecule has 2 heteroatoms. The summed E-state index contributed by atoms with van der Waals surface area (Å²) >= 11 is 0. The van der Waals surface area contributed by atoms with Gasteiger partial charge in [-0.15, -0.1) is 10.3 Å². The van der Waals surface area contributed by atoms with Gasteiger partial charge in [-0.25, -0.2) is 0 Å². The van der Waals surface area contributed by atoms with Crippen molar-refractivity contribution in [3.05, 3.63) is 0 Å². The van der Waals surface area contributed by atoms with Gasteiger partial charge in [-0.05, 0) is 26.2 Å². The number of hydroxylamine groups is 2. The van der Waals surface area contributed by atoms with Crippen molar-refractivity contribution in [2.24, 2.45) is 5.92 Å². The minimum atomic E-state index is -0.111. The first-order chi connectivity index (χ1) is 4.05. The van der Waals surface area contributed by atoms with Crippen molar-refractivity contribution >= 4 is 0 Å². The highest BCUT2D eigenvalue weighted by molar-refractivity contribution is 4.88. The van der Waals surface area contributed by atoms with Gasteiger partial charge in [-0.3, -0.25) is 0 Å². The lowest BCUT2D eigenvalue weighted by molar-refractivity contribution is -0.200. The Hall–Kier alpha value is -0.0800. The fourth-order valence-electron chi connectivity index (χ4n) is 1.20. The molecule has 1 atom stereocenters. The fourth-order valence-corrected chi connectivity index (χ4v) is 1.20. The molecule has 0 saturated carbocycles. The minimum absolute atomic E-state index is 0.111. The maximum Gasteiger partial charge on any atom is 0.0463 e. The number of hydrogen-bond donors (Lipinski definition) is 0. The second kappa shape index (κ2) is 1.96. The van der Waals surface area contributed by atoms with Gasteiger partial charge in [-0.2, -0.15) is 0 Å². The molecular formula is C7H14NO. The first kappa shape index (κ1) is 7.03. The van der Waals surface area contributed by atoms with E-state index >= 15 is 0 Å². The van der Waals surface area contributed by atoms with Crippen LogP contribution in [0, 0.1) is 5.92 Å². The van der Waals surface area contributed by atoms with E-state index in [0.29, 0.717) is 12.5 Å². The van der Waals surface area contributed by atoms with Crippen molar-refractivity contribution < 1.29 is 5.21 Å². The highest BCUT2D eigenvalue weighted by atomic mass is 16.5. The molecule has 0 N–H and O–H groups in total. The summed E-state index contributed by atoms with van der Waals surface area (Å²) < 4.78 is 0. The molecule has 0 amide bonds. The van der Waals surface area contributed by atoms with Gasteiger partial charge in [0.1, 0.15) is 0 Å². The molecule has 9 heavy (non-hydrogen) atoms. The zero-order valence-corrected chi connectivity index (χ0v) is 6.35. The molecule has 1 saturated heterocycles. The lowest BCUT2D eigenvalue weighted by atomic mass is 9.91. The predicted octanol–water partition coefficient (Wildman–Crippen LogP) is 1.45. The number of hydrogen-bond acceptors (Lipinski definition) is 1. The van der Waals surface area contributed by atoms with Crippen molar-refractivity contribution in [2.45, 2.75) is 32.7 Å². The Bertz CT molecular complexity index is 99.5. The largest absolute Gasteiger partial charge is 0.149 e. The van der Waals surface area contributed by atoms with Gasteiger partial charge < -0.3 is 0 Å². The van der Waals surface area contributed by atoms with E-state index in [-0.39, 0.29) is 5.54 Å². The molecule has 1 unspecified atom stereocenters. The third-order valence-electron chi connectivity index (χ3n) is 2.61. The zero-order chi connectivity index (χ0) is 7.07. The van der Waals surface area contributed by atoms with Crippen LogP contribution in [0.5, 0.6) is 0 Å². The van der Waals surface area contributed by atoms with Crippen LogP contribution < -0.4 is 0 Å². The Morgan fingerprint density at radius 3 is 2.22 bits per heavy atom. The molecule has 1 aliphatic heterocycles. The minimum Gasteiger partial charge on any atom is -0.149 e. The molecule has 0 aromatic heterocycles. The van der Waals surface area contributed by atoms with Gasteiger partial charge in [0.05, 0.1) is 0 Å². The van der Waals surface area contributed by atoms with Crippen LogP contribution in [0.25, 0.3) is 0 Å². The van der Waals surface area contributed by atoms with Crippen molar-refractivity contribution in [1.82, 2.24) is 5.06 Å². The highest BCUT2D eigenvalue weighted by Gasteiger charge is 2.38. The Kier molecular flexibility index (Phi) is 1.53. The average Bonchev–Trinajstić information content (AvgIpc) is 1.96. The topological polar surface area (TPSA) is 23.1 Å². The summed E-state index contributed by atoms with van der Waals surface area (Å²) in [6.07, 6.45) is 1.05. The van der Waals surface area contributed by atoms with Crippen LogP contribution in [0.15, 0.2) is 0 Å². The first-order valence-electron chi connectivity index (χ1n) is 3.50. The van der Waals surface area contributed by atoms with Gasteiger partial charge in [0.2, 0.25) is 0 Å². The maximum atomic E-state index is 11.0. The zero-order valence-electron chi connectivity index (χ0n) is 6.35. The summed E-state index contributed by atoms with van der Waals surface area (Å²) in [4.78, 5) is 0. The molecule has 1 rings (SSSR count). The summed E-state index contributed by atoms with van der Waals surface area (Å²) in [5.74, 6) is 0.551. The van der Waals surface area contributed by atoms with Gasteiger partial charge >= 0.3 is 0 Å². The van der Waals surface area contributed by atoms with Crippen LogP contribution in [0.4, 0.5) is 0 Å². The van der Waals surface area contributed by atoms with Crippen LogP contribution in [0.2, 0.25) is 0 Å². The van der Waals surface area contributed by atoms with E-state index in [1.807, 2.05) is 13.8 Å². The van der Waals surface area contributed by atoms with Crippen LogP contribution in [0.3, 0.4) is 0 Å². The molecule has 53 valence electrons. The summed E-state index contributed by atoms with van der Waals surface area (Å²) in [5, 5.41) is 12.2. The number of nitrogens with zero attached hydrogens (tertiary/aromatic N) is 1. The van der Waals surface area contributed by atoms with Crippen LogP contribution in [-0.4, -0.2) is 17.1 Å². The SMILES string of the molecule is CC1CCN([O])C1(C)C. The molecular weight excluding hydrogens is 114 g/mol. The molecule has 0 aromatic rings. The number of rotatable bonds is 0. The molecule has 1 fully saturated rings. The summed E-state index contributed by atoms with van der Waals surface area (Å²) in [6.45, 7) is 6.88. The van der Waals surface area contributed by atoms with Gasteiger partial charge in [-0.1, -0.05) is 6.92 Å². The molecule has 0 aromatic carbocycles. The molecule has 0 bridgehead atoms. The smallest absolute Gasteiger partial charge is 0.0463 e. The Morgan fingerprint density at radius 2 is 2.11 bits per heavy atom. The first-order valence-corrected chi connectivity index (χ1v) is 3.50. The second-order valence-corrected chi connectivity index (χ2v) is 3.45. The lowest BCUT2D eigenvalue weighted by Gasteiger charge is -2.27.